The Kier molecular flexibility index (Phi) is 1.36. The normalized spacial score (nSPS) is 14.5. The van der Waals surface area contributed by atoms with Gasteiger partial charge in [0.15, 0.2) is 0 Å². The van der Waals surface area contributed by atoms with Crippen molar-refractivity contribution in [3.05, 3.63) is 28.8 Å². The molecular formula is C8H7ClN2. The first-order chi connectivity index (χ1) is 5.25. The van der Waals surface area contributed by atoms with Gasteiger partial charge in [0.1, 0.15) is 5.84 Å². The second kappa shape index (κ2) is 2.24. The van der Waals surface area contributed by atoms with Crippen molar-refractivity contribution >= 4 is 23.1 Å². The van der Waals surface area contributed by atoms with E-state index in [1.54, 1.807) is 0 Å². The molecule has 1 aromatic rings. The number of fused-ring (bicyclic) bond motifs is 1. The minimum Gasteiger partial charge on any atom is -0.387 e. The van der Waals surface area contributed by atoms with Gasteiger partial charge in [-0.15, -0.1) is 0 Å². The topological polar surface area (TPSA) is 38.4 Å². The molecule has 0 amide bonds. The first kappa shape index (κ1) is 6.68. The Labute approximate surface area is 69.7 Å². The van der Waals surface area contributed by atoms with E-state index in [-0.39, 0.29) is 0 Å². The summed E-state index contributed by atoms with van der Waals surface area (Å²) in [5.41, 5.74) is 7.61. The molecule has 2 nitrogen and oxygen atoms in total. The van der Waals surface area contributed by atoms with Crippen molar-refractivity contribution in [2.75, 3.05) is 0 Å². The lowest BCUT2D eigenvalue weighted by Crippen LogP contribution is -2.09. The van der Waals surface area contributed by atoms with E-state index >= 15 is 0 Å². The summed E-state index contributed by atoms with van der Waals surface area (Å²) in [4.78, 5) is 4.13. The molecule has 0 fully saturated rings. The van der Waals surface area contributed by atoms with Crippen LogP contribution in [0.25, 0.3) is 0 Å². The van der Waals surface area contributed by atoms with Gasteiger partial charge in [-0.3, -0.25) is 0 Å². The summed E-state index contributed by atoms with van der Waals surface area (Å²) in [7, 11) is 0. The average Bonchev–Trinajstić information content (AvgIpc) is 2.27. The van der Waals surface area contributed by atoms with Crippen molar-refractivity contribution in [2.24, 2.45) is 10.7 Å². The summed E-state index contributed by atoms with van der Waals surface area (Å²) in [5.74, 6) is 0.669. The van der Waals surface area contributed by atoms with Crippen molar-refractivity contribution < 1.29 is 0 Å². The zero-order chi connectivity index (χ0) is 7.84. The lowest BCUT2D eigenvalue weighted by Gasteiger charge is -1.95. The fourth-order valence-corrected chi connectivity index (χ4v) is 1.39. The second-order valence-corrected chi connectivity index (χ2v) is 2.99. The highest BCUT2D eigenvalue weighted by Gasteiger charge is 2.11. The summed E-state index contributed by atoms with van der Waals surface area (Å²) in [6.45, 7) is 0. The van der Waals surface area contributed by atoms with E-state index in [1.165, 1.54) is 0 Å². The number of nitrogens with two attached hydrogens (primary N) is 1. The fraction of sp³-hybridized carbons (Fsp3) is 0.125. The Morgan fingerprint density at radius 1 is 1.45 bits per heavy atom. The van der Waals surface area contributed by atoms with Gasteiger partial charge in [-0.2, -0.15) is 0 Å². The summed E-state index contributed by atoms with van der Waals surface area (Å²) in [6, 6.07) is 5.61. The average molecular weight is 167 g/mol. The molecule has 0 atom stereocenters. The third-order valence-electron chi connectivity index (χ3n) is 1.68. The number of rotatable bonds is 0. The molecule has 0 saturated carbocycles. The molecule has 0 aromatic heterocycles. The van der Waals surface area contributed by atoms with Gasteiger partial charge in [0, 0.05) is 11.4 Å². The number of benzene rings is 1. The summed E-state index contributed by atoms with van der Waals surface area (Å²) < 4.78 is 0. The Morgan fingerprint density at radius 2 is 2.27 bits per heavy atom. The number of halogens is 1. The first-order valence-corrected chi connectivity index (χ1v) is 3.75. The molecule has 1 aromatic carbocycles. The molecule has 1 heterocycles. The molecule has 0 spiro atoms. The maximum Gasteiger partial charge on any atom is 0.104 e. The van der Waals surface area contributed by atoms with Gasteiger partial charge in [0.05, 0.1) is 5.69 Å². The van der Waals surface area contributed by atoms with Crippen LogP contribution in [0.15, 0.2) is 23.2 Å². The number of hydrogen-bond acceptors (Lipinski definition) is 2. The summed E-state index contributed by atoms with van der Waals surface area (Å²) in [6.07, 6.45) is 0.732. The molecule has 1 aliphatic rings. The van der Waals surface area contributed by atoms with Gasteiger partial charge in [-0.05, 0) is 23.8 Å². The molecular weight excluding hydrogens is 160 g/mol. The monoisotopic (exact) mass is 166 g/mol. The van der Waals surface area contributed by atoms with Gasteiger partial charge in [0.2, 0.25) is 0 Å². The molecule has 2 N–H and O–H groups in total. The molecule has 0 saturated heterocycles. The SMILES string of the molecule is NC1=Nc2ccc(Cl)cc2C1. The molecule has 0 bridgehead atoms. The van der Waals surface area contributed by atoms with E-state index in [2.05, 4.69) is 4.99 Å². The van der Waals surface area contributed by atoms with Crippen LogP contribution in [0.1, 0.15) is 5.56 Å². The largest absolute Gasteiger partial charge is 0.387 e. The number of nitrogens with zero attached hydrogens (tertiary/aromatic N) is 1. The van der Waals surface area contributed by atoms with E-state index in [4.69, 9.17) is 17.3 Å². The Balaban J connectivity index is 2.52. The van der Waals surface area contributed by atoms with Gasteiger partial charge < -0.3 is 5.73 Å². The lowest BCUT2D eigenvalue weighted by molar-refractivity contribution is 1.37. The van der Waals surface area contributed by atoms with Crippen LogP contribution in [0.5, 0.6) is 0 Å². The third-order valence-corrected chi connectivity index (χ3v) is 1.91. The van der Waals surface area contributed by atoms with Gasteiger partial charge in [-0.1, -0.05) is 11.6 Å². The number of amidine groups is 1. The van der Waals surface area contributed by atoms with Crippen molar-refractivity contribution in [3.8, 4) is 0 Å². The third kappa shape index (κ3) is 1.10. The van der Waals surface area contributed by atoms with Crippen LogP contribution in [0.3, 0.4) is 0 Å². The Bertz CT molecular complexity index is 331. The van der Waals surface area contributed by atoms with E-state index in [0.717, 1.165) is 22.7 Å². The maximum absolute atomic E-state index is 5.78. The summed E-state index contributed by atoms with van der Waals surface area (Å²) in [5, 5.41) is 0.744. The van der Waals surface area contributed by atoms with Crippen molar-refractivity contribution in [3.63, 3.8) is 0 Å². The standard InChI is InChI=1S/C8H7ClN2/c9-6-1-2-7-5(3-6)4-8(10)11-7/h1-3H,4H2,(H2,10,11). The second-order valence-electron chi connectivity index (χ2n) is 2.55. The fourth-order valence-electron chi connectivity index (χ4n) is 1.19. The molecule has 0 unspecified atom stereocenters. The minimum absolute atomic E-state index is 0.669. The summed E-state index contributed by atoms with van der Waals surface area (Å²) >= 11 is 5.78. The van der Waals surface area contributed by atoms with Gasteiger partial charge in [-0.25, -0.2) is 4.99 Å². The smallest absolute Gasteiger partial charge is 0.104 e. The molecule has 2 rings (SSSR count). The zero-order valence-corrected chi connectivity index (χ0v) is 6.60. The molecule has 0 aliphatic carbocycles. The van der Waals surface area contributed by atoms with Crippen LogP contribution < -0.4 is 5.73 Å². The maximum atomic E-state index is 5.78. The lowest BCUT2D eigenvalue weighted by atomic mass is 10.1. The van der Waals surface area contributed by atoms with E-state index in [9.17, 15) is 0 Å². The van der Waals surface area contributed by atoms with Crippen LogP contribution in [0.2, 0.25) is 5.02 Å². The van der Waals surface area contributed by atoms with Gasteiger partial charge in [0.25, 0.3) is 0 Å². The highest BCUT2D eigenvalue weighted by atomic mass is 35.5. The van der Waals surface area contributed by atoms with E-state index in [1.807, 2.05) is 18.2 Å². The quantitative estimate of drug-likeness (QED) is 0.628. The highest BCUT2D eigenvalue weighted by Crippen LogP contribution is 2.27. The van der Waals surface area contributed by atoms with Crippen LogP contribution >= 0.6 is 11.6 Å². The molecule has 3 heteroatoms. The molecule has 56 valence electrons. The minimum atomic E-state index is 0.669. The van der Waals surface area contributed by atoms with Crippen molar-refractivity contribution in [2.45, 2.75) is 6.42 Å². The van der Waals surface area contributed by atoms with Crippen LogP contribution in [-0.2, 0) is 6.42 Å². The van der Waals surface area contributed by atoms with Crippen LogP contribution in [0, 0.1) is 0 Å². The van der Waals surface area contributed by atoms with E-state index < -0.39 is 0 Å². The Hall–Kier alpha value is -1.02. The van der Waals surface area contributed by atoms with E-state index in [0.29, 0.717) is 5.84 Å². The predicted molar refractivity (Wildman–Crippen MR) is 46.4 cm³/mol. The molecule has 0 radical (unpaired) electrons. The zero-order valence-electron chi connectivity index (χ0n) is 5.84. The molecule has 11 heavy (non-hydrogen) atoms. The highest BCUT2D eigenvalue weighted by molar-refractivity contribution is 6.30. The molecule has 1 aliphatic heterocycles. The van der Waals surface area contributed by atoms with Gasteiger partial charge >= 0.3 is 0 Å². The Morgan fingerprint density at radius 3 is 3.09 bits per heavy atom. The number of hydrogen-bond donors (Lipinski definition) is 1. The predicted octanol–water partition coefficient (Wildman–Crippen LogP) is 1.88. The first-order valence-electron chi connectivity index (χ1n) is 3.37. The van der Waals surface area contributed by atoms with Crippen molar-refractivity contribution in [1.29, 1.82) is 0 Å². The number of aliphatic imine (C=N–C) groups is 1. The van der Waals surface area contributed by atoms with Crippen molar-refractivity contribution in [1.82, 2.24) is 0 Å². The van der Waals surface area contributed by atoms with Crippen LogP contribution in [0.4, 0.5) is 5.69 Å². The van der Waals surface area contributed by atoms with Crippen LogP contribution in [-0.4, -0.2) is 5.84 Å².